The number of amides is 2. The molecule has 0 saturated heterocycles. The van der Waals surface area contributed by atoms with Gasteiger partial charge in [-0.3, -0.25) is 19.3 Å². The third-order valence-corrected chi connectivity index (χ3v) is 5.25. The standard InChI is InChI=1S/C24H23FN4O4/c1-3-12-26-23(31)21-14-28(18-10-6-7-11-20(18)33-21)24(32)22-19(30)13-15(2)29(27-22)17-9-5-4-8-16(17)25/h4-11,13,21H,3,12,14H2,1-2H3,(H,26,31). The molecule has 0 saturated carbocycles. The van der Waals surface area contributed by atoms with Gasteiger partial charge in [0, 0.05) is 18.3 Å². The van der Waals surface area contributed by atoms with Gasteiger partial charge in [0.15, 0.2) is 11.8 Å². The van der Waals surface area contributed by atoms with Crippen LogP contribution in [0.15, 0.2) is 59.4 Å². The van der Waals surface area contributed by atoms with Crippen molar-refractivity contribution >= 4 is 17.5 Å². The lowest BCUT2D eigenvalue weighted by atomic mass is 10.1. The van der Waals surface area contributed by atoms with E-state index in [9.17, 15) is 18.8 Å². The van der Waals surface area contributed by atoms with Crippen LogP contribution in [-0.4, -0.2) is 40.8 Å². The van der Waals surface area contributed by atoms with E-state index in [0.29, 0.717) is 23.7 Å². The Morgan fingerprint density at radius 1 is 1.15 bits per heavy atom. The Hall–Kier alpha value is -4.01. The van der Waals surface area contributed by atoms with Gasteiger partial charge < -0.3 is 10.1 Å². The summed E-state index contributed by atoms with van der Waals surface area (Å²) in [5, 5.41) is 6.96. The molecule has 4 rings (SSSR count). The maximum Gasteiger partial charge on any atom is 0.283 e. The number of benzene rings is 2. The minimum atomic E-state index is -0.949. The van der Waals surface area contributed by atoms with Gasteiger partial charge in [0.05, 0.1) is 12.2 Å². The molecule has 0 radical (unpaired) electrons. The van der Waals surface area contributed by atoms with E-state index in [1.54, 1.807) is 37.3 Å². The van der Waals surface area contributed by atoms with Crippen molar-refractivity contribution in [1.29, 1.82) is 0 Å². The first kappa shape index (κ1) is 22.2. The van der Waals surface area contributed by atoms with Crippen molar-refractivity contribution in [2.45, 2.75) is 26.4 Å². The number of aryl methyl sites for hydroxylation is 1. The Labute approximate surface area is 189 Å². The van der Waals surface area contributed by atoms with E-state index in [4.69, 9.17) is 4.74 Å². The highest BCUT2D eigenvalue weighted by Crippen LogP contribution is 2.33. The van der Waals surface area contributed by atoms with Crippen LogP contribution in [0.4, 0.5) is 10.1 Å². The zero-order valence-electron chi connectivity index (χ0n) is 18.2. The highest BCUT2D eigenvalue weighted by atomic mass is 19.1. The number of ether oxygens (including phenoxy) is 1. The number of hydrogen-bond acceptors (Lipinski definition) is 5. The molecule has 2 aromatic carbocycles. The average molecular weight is 450 g/mol. The van der Waals surface area contributed by atoms with Crippen molar-refractivity contribution in [3.63, 3.8) is 0 Å². The van der Waals surface area contributed by atoms with Crippen LogP contribution in [0.1, 0.15) is 29.5 Å². The number of carbonyl (C=O) groups is 2. The van der Waals surface area contributed by atoms with Gasteiger partial charge >= 0.3 is 0 Å². The Morgan fingerprint density at radius 3 is 2.58 bits per heavy atom. The van der Waals surface area contributed by atoms with Crippen molar-refractivity contribution < 1.29 is 18.7 Å². The monoisotopic (exact) mass is 450 g/mol. The second kappa shape index (κ2) is 9.23. The number of nitrogens with zero attached hydrogens (tertiary/aromatic N) is 3. The summed E-state index contributed by atoms with van der Waals surface area (Å²) in [5.41, 5.74) is -0.0697. The van der Waals surface area contributed by atoms with Crippen molar-refractivity contribution in [3.8, 4) is 11.4 Å². The van der Waals surface area contributed by atoms with Crippen LogP contribution >= 0.6 is 0 Å². The molecule has 0 bridgehead atoms. The molecule has 0 aliphatic carbocycles. The Balaban J connectivity index is 1.75. The van der Waals surface area contributed by atoms with Gasteiger partial charge in [-0.2, -0.15) is 5.10 Å². The number of nitrogens with one attached hydrogen (secondary N) is 1. The first-order valence-electron chi connectivity index (χ1n) is 10.6. The molecule has 1 unspecified atom stereocenters. The van der Waals surface area contributed by atoms with E-state index in [2.05, 4.69) is 10.4 Å². The molecule has 1 aliphatic heterocycles. The Morgan fingerprint density at radius 2 is 1.85 bits per heavy atom. The van der Waals surface area contributed by atoms with E-state index in [0.717, 1.165) is 6.42 Å². The minimum Gasteiger partial charge on any atom is -0.477 e. The number of fused-ring (bicyclic) bond motifs is 1. The SMILES string of the molecule is CCCNC(=O)C1CN(C(=O)c2nn(-c3ccccc3F)c(C)cc2=O)c2ccccc2O1. The number of para-hydroxylation sites is 3. The summed E-state index contributed by atoms with van der Waals surface area (Å²) >= 11 is 0. The molecule has 9 heteroatoms. The maximum atomic E-state index is 14.4. The molecular weight excluding hydrogens is 427 g/mol. The van der Waals surface area contributed by atoms with Crippen LogP contribution in [-0.2, 0) is 4.79 Å². The summed E-state index contributed by atoms with van der Waals surface area (Å²) in [6, 6.07) is 14.0. The van der Waals surface area contributed by atoms with Gasteiger partial charge in [0.2, 0.25) is 5.43 Å². The van der Waals surface area contributed by atoms with Gasteiger partial charge in [0.25, 0.3) is 11.8 Å². The number of rotatable bonds is 5. The number of halogens is 1. The van der Waals surface area contributed by atoms with E-state index in [-0.39, 0.29) is 23.8 Å². The largest absolute Gasteiger partial charge is 0.477 e. The van der Waals surface area contributed by atoms with E-state index in [1.165, 1.54) is 33.8 Å². The normalized spacial score (nSPS) is 14.9. The lowest BCUT2D eigenvalue weighted by Gasteiger charge is -2.34. The van der Waals surface area contributed by atoms with Gasteiger partial charge in [-0.05, 0) is 37.6 Å². The quantitative estimate of drug-likeness (QED) is 0.645. The van der Waals surface area contributed by atoms with Crippen LogP contribution in [0, 0.1) is 12.7 Å². The van der Waals surface area contributed by atoms with Crippen molar-refractivity contribution in [3.05, 3.63) is 82.0 Å². The zero-order chi connectivity index (χ0) is 23.5. The molecule has 2 heterocycles. The maximum absolute atomic E-state index is 14.4. The third-order valence-electron chi connectivity index (χ3n) is 5.25. The fourth-order valence-electron chi connectivity index (χ4n) is 3.62. The van der Waals surface area contributed by atoms with Crippen LogP contribution in [0.5, 0.6) is 5.75 Å². The molecule has 8 nitrogen and oxygen atoms in total. The van der Waals surface area contributed by atoms with Crippen LogP contribution in [0.3, 0.4) is 0 Å². The molecule has 0 fully saturated rings. The summed E-state index contributed by atoms with van der Waals surface area (Å²) in [7, 11) is 0. The lowest BCUT2D eigenvalue weighted by Crippen LogP contribution is -2.51. The third kappa shape index (κ3) is 4.34. The van der Waals surface area contributed by atoms with E-state index < -0.39 is 23.3 Å². The van der Waals surface area contributed by atoms with Gasteiger partial charge in [0.1, 0.15) is 17.3 Å². The highest BCUT2D eigenvalue weighted by Gasteiger charge is 2.35. The molecule has 170 valence electrons. The molecular formula is C24H23FN4O4. The van der Waals surface area contributed by atoms with Crippen LogP contribution in [0.25, 0.3) is 5.69 Å². The van der Waals surface area contributed by atoms with E-state index >= 15 is 0 Å². The number of aromatic nitrogens is 2. The fourth-order valence-corrected chi connectivity index (χ4v) is 3.62. The molecule has 1 N–H and O–H groups in total. The van der Waals surface area contributed by atoms with Gasteiger partial charge in [-0.25, -0.2) is 9.07 Å². The highest BCUT2D eigenvalue weighted by molar-refractivity contribution is 6.06. The van der Waals surface area contributed by atoms with Crippen molar-refractivity contribution in [2.24, 2.45) is 0 Å². The van der Waals surface area contributed by atoms with Gasteiger partial charge in [-0.15, -0.1) is 0 Å². The summed E-state index contributed by atoms with van der Waals surface area (Å²) in [6.07, 6.45) is -0.199. The first-order valence-corrected chi connectivity index (χ1v) is 10.6. The molecule has 1 aliphatic rings. The number of anilines is 1. The molecule has 2 amide bonds. The summed E-state index contributed by atoms with van der Waals surface area (Å²) in [6.45, 7) is 3.91. The first-order chi connectivity index (χ1) is 15.9. The van der Waals surface area contributed by atoms with E-state index in [1.807, 2.05) is 6.92 Å². The Bertz CT molecular complexity index is 1270. The number of carbonyl (C=O) groups excluding carboxylic acids is 2. The molecule has 1 aromatic heterocycles. The smallest absolute Gasteiger partial charge is 0.283 e. The van der Waals surface area contributed by atoms with Crippen LogP contribution in [0.2, 0.25) is 0 Å². The molecule has 33 heavy (non-hydrogen) atoms. The molecule has 3 aromatic rings. The Kier molecular flexibility index (Phi) is 6.21. The summed E-state index contributed by atoms with van der Waals surface area (Å²) in [4.78, 5) is 40.1. The lowest BCUT2D eigenvalue weighted by molar-refractivity contribution is -0.127. The second-order valence-electron chi connectivity index (χ2n) is 7.64. The molecule has 1 atom stereocenters. The van der Waals surface area contributed by atoms with Gasteiger partial charge in [-0.1, -0.05) is 31.2 Å². The van der Waals surface area contributed by atoms with Crippen LogP contribution < -0.4 is 20.4 Å². The number of hydrogen-bond donors (Lipinski definition) is 1. The minimum absolute atomic E-state index is 0.0971. The summed E-state index contributed by atoms with van der Waals surface area (Å²) in [5.74, 6) is -1.26. The second-order valence-corrected chi connectivity index (χ2v) is 7.64. The average Bonchev–Trinajstić information content (AvgIpc) is 2.82. The van der Waals surface area contributed by atoms with Crippen molar-refractivity contribution in [2.75, 3.05) is 18.0 Å². The fraction of sp³-hybridized carbons (Fsp3) is 0.250. The zero-order valence-corrected chi connectivity index (χ0v) is 18.2. The topological polar surface area (TPSA) is 93.5 Å². The summed E-state index contributed by atoms with van der Waals surface area (Å²) < 4.78 is 21.4. The molecule has 0 spiro atoms. The van der Waals surface area contributed by atoms with Crippen molar-refractivity contribution in [1.82, 2.24) is 15.1 Å². The predicted octanol–water partition coefficient (Wildman–Crippen LogP) is 2.61. The predicted molar refractivity (Wildman–Crippen MR) is 120 cm³/mol.